The summed E-state index contributed by atoms with van der Waals surface area (Å²) in [5.74, 6) is -1.28. The largest absolute Gasteiger partial charge is 0.389 e. The first-order valence-electron chi connectivity index (χ1n) is 13.7. The van der Waals surface area contributed by atoms with Crippen molar-refractivity contribution in [2.24, 2.45) is 0 Å². The van der Waals surface area contributed by atoms with Crippen LogP contribution in [-0.4, -0.2) is 69.3 Å². The summed E-state index contributed by atoms with van der Waals surface area (Å²) < 4.78 is 4.95. The van der Waals surface area contributed by atoms with Gasteiger partial charge in [0.05, 0.1) is 17.1 Å². The van der Waals surface area contributed by atoms with Gasteiger partial charge in [-0.2, -0.15) is 0 Å². The standard InChI is InChI=1S/C31H33N5O7S/c1-18-5-7-23(8-6-18)16-32-27(39)24(33-31(17-37,20(3)38)34-28(40)25-13-19(2)43-35-25)14-21-9-11-22(12-10-21)15-26-29(41)36(4)30(42)44-26/h5-13,15,17,20,24,33,38H,14,16H2,1-4H3,(H,32,39)(H,34,40)/t20-,24+,31-/m1/s1. The van der Waals surface area contributed by atoms with Crippen molar-refractivity contribution in [1.29, 1.82) is 0 Å². The van der Waals surface area contributed by atoms with Crippen molar-refractivity contribution in [1.82, 2.24) is 26.0 Å². The topological polar surface area (TPSA) is 171 Å². The highest BCUT2D eigenvalue weighted by Crippen LogP contribution is 2.31. The van der Waals surface area contributed by atoms with Gasteiger partial charge in [0.25, 0.3) is 17.1 Å². The van der Waals surface area contributed by atoms with Gasteiger partial charge in [0.15, 0.2) is 17.6 Å². The molecule has 13 heteroatoms. The van der Waals surface area contributed by atoms with Crippen molar-refractivity contribution in [3.05, 3.63) is 93.2 Å². The number of benzene rings is 2. The summed E-state index contributed by atoms with van der Waals surface area (Å²) in [6.45, 7) is 5.07. The van der Waals surface area contributed by atoms with Crippen molar-refractivity contribution < 1.29 is 33.6 Å². The van der Waals surface area contributed by atoms with Crippen LogP contribution in [0.1, 0.15) is 45.4 Å². The first-order valence-corrected chi connectivity index (χ1v) is 14.5. The zero-order valence-electron chi connectivity index (χ0n) is 24.6. The average molecular weight is 620 g/mol. The summed E-state index contributed by atoms with van der Waals surface area (Å²) in [4.78, 5) is 64.4. The van der Waals surface area contributed by atoms with Crippen LogP contribution in [0.4, 0.5) is 4.79 Å². The Morgan fingerprint density at radius 1 is 1.09 bits per heavy atom. The molecule has 0 saturated carbocycles. The fourth-order valence-electron chi connectivity index (χ4n) is 4.35. The summed E-state index contributed by atoms with van der Waals surface area (Å²) in [7, 11) is 1.42. The molecule has 230 valence electrons. The highest BCUT2D eigenvalue weighted by atomic mass is 32.2. The van der Waals surface area contributed by atoms with E-state index in [0.29, 0.717) is 28.1 Å². The number of aliphatic hydroxyl groups excluding tert-OH is 1. The lowest BCUT2D eigenvalue weighted by molar-refractivity contribution is -0.126. The zero-order valence-corrected chi connectivity index (χ0v) is 25.4. The molecule has 3 aromatic rings. The highest BCUT2D eigenvalue weighted by Gasteiger charge is 2.41. The van der Waals surface area contributed by atoms with Gasteiger partial charge in [0, 0.05) is 19.7 Å². The van der Waals surface area contributed by atoms with Gasteiger partial charge in [0.2, 0.25) is 5.91 Å². The number of aromatic nitrogens is 1. The minimum absolute atomic E-state index is 0.0622. The molecule has 4 amide bonds. The van der Waals surface area contributed by atoms with Crippen molar-refractivity contribution in [3.8, 4) is 0 Å². The molecule has 1 fully saturated rings. The van der Waals surface area contributed by atoms with E-state index in [1.54, 1.807) is 37.3 Å². The maximum atomic E-state index is 13.6. The number of hydrogen-bond acceptors (Lipinski definition) is 10. The molecule has 2 aromatic carbocycles. The fraction of sp³-hybridized carbons (Fsp3) is 0.290. The van der Waals surface area contributed by atoms with Crippen LogP contribution in [0.25, 0.3) is 6.08 Å². The van der Waals surface area contributed by atoms with E-state index in [9.17, 15) is 29.1 Å². The van der Waals surface area contributed by atoms with E-state index < -0.39 is 29.6 Å². The van der Waals surface area contributed by atoms with Crippen LogP contribution in [-0.2, 0) is 27.3 Å². The Hall–Kier alpha value is -4.59. The third-order valence-electron chi connectivity index (χ3n) is 7.05. The lowest BCUT2D eigenvalue weighted by Gasteiger charge is -2.36. The molecule has 0 bridgehead atoms. The monoisotopic (exact) mass is 619 g/mol. The molecular formula is C31H33N5O7S. The number of carbonyl (C=O) groups is 5. The van der Waals surface area contributed by atoms with Crippen LogP contribution in [0.3, 0.4) is 0 Å². The number of amides is 4. The minimum Gasteiger partial charge on any atom is -0.389 e. The number of carbonyl (C=O) groups excluding carboxylic acids is 5. The second kappa shape index (κ2) is 13.8. The normalized spacial score (nSPS) is 16.8. The van der Waals surface area contributed by atoms with Crippen LogP contribution in [0.5, 0.6) is 0 Å². The second-order valence-corrected chi connectivity index (χ2v) is 11.5. The fourth-order valence-corrected chi connectivity index (χ4v) is 5.17. The number of likely N-dealkylation sites (N-methyl/N-ethyl adjacent to an activating group) is 1. The lowest BCUT2D eigenvalue weighted by Crippen LogP contribution is -2.70. The van der Waals surface area contributed by atoms with Crippen molar-refractivity contribution >= 4 is 47.1 Å². The number of imide groups is 1. The van der Waals surface area contributed by atoms with Crippen molar-refractivity contribution in [2.45, 2.75) is 51.5 Å². The van der Waals surface area contributed by atoms with Gasteiger partial charge in [-0.3, -0.25) is 34.2 Å². The van der Waals surface area contributed by atoms with E-state index >= 15 is 0 Å². The number of thioether (sulfide) groups is 1. The third-order valence-corrected chi connectivity index (χ3v) is 8.01. The Labute approximate surface area is 258 Å². The molecule has 4 N–H and O–H groups in total. The third kappa shape index (κ3) is 7.67. The van der Waals surface area contributed by atoms with Crippen LogP contribution in [0.15, 0.2) is 64.0 Å². The molecule has 44 heavy (non-hydrogen) atoms. The zero-order chi connectivity index (χ0) is 32.0. The number of aldehydes is 1. The van der Waals surface area contributed by atoms with Gasteiger partial charge >= 0.3 is 0 Å². The second-order valence-electron chi connectivity index (χ2n) is 10.5. The van der Waals surface area contributed by atoms with Crippen LogP contribution in [0.2, 0.25) is 0 Å². The van der Waals surface area contributed by atoms with Gasteiger partial charge in [-0.15, -0.1) is 0 Å². The van der Waals surface area contributed by atoms with Crippen LogP contribution >= 0.6 is 11.8 Å². The van der Waals surface area contributed by atoms with E-state index in [-0.39, 0.29) is 29.8 Å². The molecule has 0 spiro atoms. The Kier molecular flexibility index (Phi) is 10.1. The van der Waals surface area contributed by atoms with Crippen molar-refractivity contribution in [3.63, 3.8) is 0 Å². The minimum atomic E-state index is -2.06. The van der Waals surface area contributed by atoms with E-state index in [2.05, 4.69) is 21.1 Å². The maximum absolute atomic E-state index is 13.6. The summed E-state index contributed by atoms with van der Waals surface area (Å²) in [5, 5.41) is 22.2. The number of nitrogens with zero attached hydrogens (tertiary/aromatic N) is 2. The van der Waals surface area contributed by atoms with Crippen LogP contribution in [0, 0.1) is 13.8 Å². The van der Waals surface area contributed by atoms with Gasteiger partial charge < -0.3 is 20.3 Å². The molecule has 0 unspecified atom stereocenters. The number of aryl methyl sites for hydroxylation is 2. The number of aliphatic hydroxyl groups is 1. The predicted octanol–water partition coefficient (Wildman–Crippen LogP) is 2.48. The molecule has 1 aliphatic heterocycles. The SMILES string of the molecule is Cc1ccc(CNC(=O)[C@H](Cc2ccc(C=C3SC(=O)N(C)C3=O)cc2)N[C@](C=O)(NC(=O)c2cc(C)on2)[C@@H](C)O)cc1. The Bertz CT molecular complexity index is 1580. The first-order chi connectivity index (χ1) is 20.9. The first kappa shape index (κ1) is 32.3. The Balaban J connectivity index is 1.58. The molecule has 2 heterocycles. The molecule has 1 aliphatic rings. The molecule has 0 radical (unpaired) electrons. The molecular weight excluding hydrogens is 586 g/mol. The smallest absolute Gasteiger partial charge is 0.293 e. The predicted molar refractivity (Wildman–Crippen MR) is 163 cm³/mol. The lowest BCUT2D eigenvalue weighted by atomic mass is 9.98. The Morgan fingerprint density at radius 2 is 1.75 bits per heavy atom. The maximum Gasteiger partial charge on any atom is 0.293 e. The van der Waals surface area contributed by atoms with Gasteiger partial charge in [-0.1, -0.05) is 59.3 Å². The average Bonchev–Trinajstić information content (AvgIpc) is 3.54. The summed E-state index contributed by atoms with van der Waals surface area (Å²) >= 11 is 0.850. The molecule has 3 atom stereocenters. The highest BCUT2D eigenvalue weighted by molar-refractivity contribution is 8.18. The van der Waals surface area contributed by atoms with E-state index in [4.69, 9.17) is 4.52 Å². The number of nitrogens with one attached hydrogen (secondary N) is 3. The molecule has 1 saturated heterocycles. The van der Waals surface area contributed by atoms with Crippen molar-refractivity contribution in [2.75, 3.05) is 7.05 Å². The molecule has 0 aliphatic carbocycles. The van der Waals surface area contributed by atoms with Gasteiger partial charge in [0.1, 0.15) is 5.76 Å². The molecule has 4 rings (SSSR count). The van der Waals surface area contributed by atoms with Crippen LogP contribution < -0.4 is 16.0 Å². The quantitative estimate of drug-likeness (QED) is 0.134. The van der Waals surface area contributed by atoms with Gasteiger partial charge in [-0.05, 0) is 61.7 Å². The molecule has 1 aromatic heterocycles. The van der Waals surface area contributed by atoms with E-state index in [1.807, 2.05) is 31.2 Å². The van der Waals surface area contributed by atoms with E-state index in [0.717, 1.165) is 27.8 Å². The number of rotatable bonds is 12. The van der Waals surface area contributed by atoms with Gasteiger partial charge in [-0.25, -0.2) is 0 Å². The number of hydrogen-bond donors (Lipinski definition) is 4. The van der Waals surface area contributed by atoms with E-state index in [1.165, 1.54) is 20.0 Å². The summed E-state index contributed by atoms with van der Waals surface area (Å²) in [6.07, 6.45) is 0.550. The summed E-state index contributed by atoms with van der Waals surface area (Å²) in [5.41, 5.74) is 1.11. The summed E-state index contributed by atoms with van der Waals surface area (Å²) in [6, 6.07) is 14.8. The molecule has 12 nitrogen and oxygen atoms in total. The Morgan fingerprint density at radius 3 is 2.30 bits per heavy atom.